The van der Waals surface area contributed by atoms with E-state index in [9.17, 15) is 4.79 Å². The summed E-state index contributed by atoms with van der Waals surface area (Å²) in [6, 6.07) is 4.73. The van der Waals surface area contributed by atoms with Crippen LogP contribution in [-0.2, 0) is 6.54 Å². The zero-order chi connectivity index (χ0) is 14.0. The normalized spacial score (nSPS) is 10.4. The van der Waals surface area contributed by atoms with E-state index >= 15 is 0 Å². The van der Waals surface area contributed by atoms with E-state index in [1.807, 2.05) is 13.8 Å². The van der Waals surface area contributed by atoms with Crippen LogP contribution >= 0.6 is 0 Å². The Labute approximate surface area is 110 Å². The van der Waals surface area contributed by atoms with Crippen LogP contribution in [-0.4, -0.2) is 16.1 Å². The van der Waals surface area contributed by atoms with Crippen LogP contribution in [0.2, 0.25) is 0 Å². The molecule has 0 bridgehead atoms. The third kappa shape index (κ3) is 2.67. The largest absolute Gasteiger partial charge is 0.478 e. The number of oxazole rings is 1. The molecular formula is C13H15N3O3. The summed E-state index contributed by atoms with van der Waals surface area (Å²) < 4.78 is 5.41. The maximum Gasteiger partial charge on any atom is 0.337 e. The molecule has 2 rings (SSSR count). The lowest BCUT2D eigenvalue weighted by atomic mass is 10.1. The van der Waals surface area contributed by atoms with Gasteiger partial charge in [0.2, 0.25) is 5.89 Å². The van der Waals surface area contributed by atoms with E-state index in [2.05, 4.69) is 10.3 Å². The molecule has 0 aliphatic rings. The molecule has 2 aromatic rings. The van der Waals surface area contributed by atoms with Gasteiger partial charge in [0.1, 0.15) is 5.76 Å². The SMILES string of the molecule is Cc1nc(CNc2c(N)cccc2C(=O)O)oc1C. The van der Waals surface area contributed by atoms with E-state index in [1.165, 1.54) is 6.07 Å². The number of aromatic nitrogens is 1. The van der Waals surface area contributed by atoms with E-state index in [-0.39, 0.29) is 12.1 Å². The van der Waals surface area contributed by atoms with Gasteiger partial charge in [-0.15, -0.1) is 0 Å². The highest BCUT2D eigenvalue weighted by Crippen LogP contribution is 2.24. The van der Waals surface area contributed by atoms with Gasteiger partial charge in [-0.25, -0.2) is 9.78 Å². The number of carbonyl (C=O) groups is 1. The molecule has 0 saturated carbocycles. The van der Waals surface area contributed by atoms with Gasteiger partial charge in [-0.2, -0.15) is 0 Å². The highest BCUT2D eigenvalue weighted by molar-refractivity contribution is 5.97. The average Bonchev–Trinajstić information content (AvgIpc) is 2.67. The number of anilines is 2. The molecule has 0 aliphatic carbocycles. The maximum absolute atomic E-state index is 11.1. The van der Waals surface area contributed by atoms with E-state index in [0.29, 0.717) is 17.3 Å². The first-order valence-corrected chi connectivity index (χ1v) is 5.77. The molecular weight excluding hydrogens is 246 g/mol. The molecule has 0 spiro atoms. The number of nitrogens with two attached hydrogens (primary N) is 1. The van der Waals surface area contributed by atoms with Crippen LogP contribution in [0.15, 0.2) is 22.6 Å². The number of rotatable bonds is 4. The number of para-hydroxylation sites is 1. The second kappa shape index (κ2) is 5.01. The van der Waals surface area contributed by atoms with Gasteiger partial charge in [0, 0.05) is 0 Å². The predicted molar refractivity (Wildman–Crippen MR) is 71.1 cm³/mol. The number of hydrogen-bond acceptors (Lipinski definition) is 5. The third-order valence-corrected chi connectivity index (χ3v) is 2.82. The highest BCUT2D eigenvalue weighted by Gasteiger charge is 2.13. The Balaban J connectivity index is 2.21. The second-order valence-electron chi connectivity index (χ2n) is 4.18. The van der Waals surface area contributed by atoms with E-state index in [4.69, 9.17) is 15.3 Å². The van der Waals surface area contributed by atoms with Crippen LogP contribution in [0.4, 0.5) is 11.4 Å². The zero-order valence-corrected chi connectivity index (χ0v) is 10.7. The van der Waals surface area contributed by atoms with Gasteiger partial charge in [0.05, 0.1) is 29.2 Å². The highest BCUT2D eigenvalue weighted by atomic mass is 16.4. The number of nitrogens with zero attached hydrogens (tertiary/aromatic N) is 1. The van der Waals surface area contributed by atoms with Crippen molar-refractivity contribution >= 4 is 17.3 Å². The molecule has 19 heavy (non-hydrogen) atoms. The molecule has 0 aliphatic heterocycles. The van der Waals surface area contributed by atoms with Gasteiger partial charge >= 0.3 is 5.97 Å². The Morgan fingerprint density at radius 1 is 1.47 bits per heavy atom. The summed E-state index contributed by atoms with van der Waals surface area (Å²) in [7, 11) is 0. The number of aromatic carboxylic acids is 1. The Hall–Kier alpha value is -2.50. The smallest absolute Gasteiger partial charge is 0.337 e. The molecule has 1 aromatic heterocycles. The van der Waals surface area contributed by atoms with Gasteiger partial charge in [-0.3, -0.25) is 0 Å². The van der Waals surface area contributed by atoms with Crippen molar-refractivity contribution in [3.8, 4) is 0 Å². The zero-order valence-electron chi connectivity index (χ0n) is 10.7. The number of aryl methyl sites for hydroxylation is 2. The van der Waals surface area contributed by atoms with Crippen molar-refractivity contribution in [1.82, 2.24) is 4.98 Å². The van der Waals surface area contributed by atoms with E-state index in [0.717, 1.165) is 11.5 Å². The lowest BCUT2D eigenvalue weighted by molar-refractivity contribution is 0.0698. The van der Waals surface area contributed by atoms with Gasteiger partial charge < -0.3 is 20.6 Å². The molecule has 6 nitrogen and oxygen atoms in total. The first-order valence-electron chi connectivity index (χ1n) is 5.77. The number of hydrogen-bond donors (Lipinski definition) is 3. The van der Waals surface area contributed by atoms with E-state index in [1.54, 1.807) is 12.1 Å². The summed E-state index contributed by atoms with van der Waals surface area (Å²) in [6.45, 7) is 3.95. The van der Waals surface area contributed by atoms with Crippen LogP contribution in [0.5, 0.6) is 0 Å². The Morgan fingerprint density at radius 3 is 2.79 bits per heavy atom. The minimum atomic E-state index is -1.03. The molecule has 0 radical (unpaired) electrons. The molecule has 0 amide bonds. The van der Waals surface area contributed by atoms with Gasteiger partial charge in [-0.05, 0) is 26.0 Å². The summed E-state index contributed by atoms with van der Waals surface area (Å²) >= 11 is 0. The van der Waals surface area contributed by atoms with Crippen molar-refractivity contribution in [2.24, 2.45) is 0 Å². The number of benzene rings is 1. The topological polar surface area (TPSA) is 101 Å². The maximum atomic E-state index is 11.1. The van der Waals surface area contributed by atoms with Crippen LogP contribution in [0, 0.1) is 13.8 Å². The standard InChI is InChI=1S/C13H15N3O3/c1-7-8(2)19-11(16-7)6-15-12-9(13(17)18)4-3-5-10(12)14/h3-5,15H,6,14H2,1-2H3,(H,17,18). The summed E-state index contributed by atoms with van der Waals surface area (Å²) in [5, 5.41) is 12.1. The number of nitrogen functional groups attached to an aromatic ring is 1. The molecule has 1 aromatic carbocycles. The number of carboxylic acid groups (broad SMARTS) is 1. The molecule has 0 unspecified atom stereocenters. The number of nitrogens with one attached hydrogen (secondary N) is 1. The van der Waals surface area contributed by atoms with Crippen molar-refractivity contribution in [2.75, 3.05) is 11.1 Å². The lowest BCUT2D eigenvalue weighted by Gasteiger charge is -2.10. The first kappa shape index (κ1) is 12.9. The van der Waals surface area contributed by atoms with Gasteiger partial charge in [0.25, 0.3) is 0 Å². The van der Waals surface area contributed by atoms with Crippen molar-refractivity contribution in [3.05, 3.63) is 41.1 Å². The Kier molecular flexibility index (Phi) is 3.41. The van der Waals surface area contributed by atoms with Crippen molar-refractivity contribution in [2.45, 2.75) is 20.4 Å². The fourth-order valence-corrected chi connectivity index (χ4v) is 1.72. The van der Waals surface area contributed by atoms with Crippen LogP contribution < -0.4 is 11.1 Å². The van der Waals surface area contributed by atoms with Crippen LogP contribution in [0.3, 0.4) is 0 Å². The molecule has 0 saturated heterocycles. The lowest BCUT2D eigenvalue weighted by Crippen LogP contribution is -2.09. The Morgan fingerprint density at radius 2 is 2.21 bits per heavy atom. The van der Waals surface area contributed by atoms with Crippen molar-refractivity contribution in [1.29, 1.82) is 0 Å². The summed E-state index contributed by atoms with van der Waals surface area (Å²) in [5.41, 5.74) is 7.48. The monoisotopic (exact) mass is 261 g/mol. The van der Waals surface area contributed by atoms with Crippen LogP contribution in [0.1, 0.15) is 27.7 Å². The second-order valence-corrected chi connectivity index (χ2v) is 4.18. The predicted octanol–water partition coefficient (Wildman–Crippen LogP) is 2.18. The van der Waals surface area contributed by atoms with Crippen molar-refractivity contribution in [3.63, 3.8) is 0 Å². The minimum absolute atomic E-state index is 0.125. The van der Waals surface area contributed by atoms with Crippen LogP contribution in [0.25, 0.3) is 0 Å². The Bertz CT molecular complexity index is 600. The van der Waals surface area contributed by atoms with E-state index < -0.39 is 5.97 Å². The quantitative estimate of drug-likeness (QED) is 0.729. The number of carboxylic acids is 1. The minimum Gasteiger partial charge on any atom is -0.478 e. The fraction of sp³-hybridized carbons (Fsp3) is 0.231. The molecule has 100 valence electrons. The molecule has 0 atom stereocenters. The van der Waals surface area contributed by atoms with Gasteiger partial charge in [-0.1, -0.05) is 6.07 Å². The fourth-order valence-electron chi connectivity index (χ4n) is 1.72. The van der Waals surface area contributed by atoms with Gasteiger partial charge in [0.15, 0.2) is 0 Å². The molecule has 6 heteroatoms. The summed E-state index contributed by atoms with van der Waals surface area (Å²) in [5.74, 6) is 0.209. The van der Waals surface area contributed by atoms with Crippen molar-refractivity contribution < 1.29 is 14.3 Å². The molecule has 4 N–H and O–H groups in total. The summed E-state index contributed by atoms with van der Waals surface area (Å²) in [4.78, 5) is 15.3. The first-order chi connectivity index (χ1) is 8.99. The third-order valence-electron chi connectivity index (χ3n) is 2.82. The average molecular weight is 261 g/mol. The molecule has 1 heterocycles. The molecule has 0 fully saturated rings. The summed E-state index contributed by atoms with van der Waals surface area (Å²) in [6.07, 6.45) is 0.